The Morgan fingerprint density at radius 2 is 0.611 bits per heavy atom. The molecule has 0 bridgehead atoms. The highest BCUT2D eigenvalue weighted by atomic mass is 16.6. The maximum atomic E-state index is 12.7. The summed E-state index contributed by atoms with van der Waals surface area (Å²) >= 11 is 0. The van der Waals surface area contributed by atoms with Crippen LogP contribution in [0.2, 0.25) is 0 Å². The van der Waals surface area contributed by atoms with Crippen molar-refractivity contribution < 1.29 is 28.6 Å². The Labute approximate surface area is 336 Å². The van der Waals surface area contributed by atoms with E-state index in [0.29, 0.717) is 19.3 Å². The van der Waals surface area contributed by atoms with E-state index in [4.69, 9.17) is 14.2 Å². The molecule has 54 heavy (non-hydrogen) atoms. The first kappa shape index (κ1) is 52.4. The highest BCUT2D eigenvalue weighted by Gasteiger charge is 2.19. The number of rotatable bonds is 43. The van der Waals surface area contributed by atoms with Crippen molar-refractivity contribution >= 4 is 17.9 Å². The molecule has 0 aromatic carbocycles. The lowest BCUT2D eigenvalue weighted by Gasteiger charge is -2.18. The van der Waals surface area contributed by atoms with E-state index in [1.54, 1.807) is 0 Å². The largest absolute Gasteiger partial charge is 0.462 e. The monoisotopic (exact) mass is 765 g/mol. The van der Waals surface area contributed by atoms with Crippen molar-refractivity contribution in [1.82, 2.24) is 0 Å². The van der Waals surface area contributed by atoms with E-state index < -0.39 is 6.10 Å². The Morgan fingerprint density at radius 3 is 0.907 bits per heavy atom. The van der Waals surface area contributed by atoms with E-state index in [1.807, 2.05) is 0 Å². The van der Waals surface area contributed by atoms with E-state index >= 15 is 0 Å². The van der Waals surface area contributed by atoms with Gasteiger partial charge in [0.2, 0.25) is 0 Å². The molecule has 0 aliphatic carbocycles. The van der Waals surface area contributed by atoms with Crippen LogP contribution in [0, 0.1) is 5.92 Å². The Kier molecular flexibility index (Phi) is 41.3. The minimum Gasteiger partial charge on any atom is -0.462 e. The van der Waals surface area contributed by atoms with Crippen molar-refractivity contribution in [1.29, 1.82) is 0 Å². The molecule has 1 atom stereocenters. The summed E-state index contributed by atoms with van der Waals surface area (Å²) in [6.07, 6.45) is 42.3. The van der Waals surface area contributed by atoms with Crippen molar-refractivity contribution in [3.63, 3.8) is 0 Å². The molecule has 320 valence electrons. The van der Waals surface area contributed by atoms with Crippen LogP contribution < -0.4 is 0 Å². The normalized spacial score (nSPS) is 11.9. The van der Waals surface area contributed by atoms with Crippen LogP contribution in [0.5, 0.6) is 0 Å². The number of ether oxygens (including phenoxy) is 3. The van der Waals surface area contributed by atoms with Gasteiger partial charge in [-0.1, -0.05) is 227 Å². The van der Waals surface area contributed by atoms with Gasteiger partial charge >= 0.3 is 17.9 Å². The van der Waals surface area contributed by atoms with Gasteiger partial charge in [-0.2, -0.15) is 0 Å². The Bertz CT molecular complexity index is 811. The number of hydrogen-bond donors (Lipinski definition) is 0. The number of carbonyl (C=O) groups is 3. The summed E-state index contributed by atoms with van der Waals surface area (Å²) < 4.78 is 16.7. The SMILES string of the molecule is CCCCCCCCCCCCCCCCC(=O)O[C@@H](COC(=O)CCCCCCCCCCCCC)COC(=O)CCCCCCCCCCC(C)C. The van der Waals surface area contributed by atoms with Gasteiger partial charge in [-0.15, -0.1) is 0 Å². The predicted molar refractivity (Wildman–Crippen MR) is 229 cm³/mol. The molecule has 0 aliphatic rings. The summed E-state index contributed by atoms with van der Waals surface area (Å²) in [5.41, 5.74) is 0. The fourth-order valence-corrected chi connectivity index (χ4v) is 7.16. The molecule has 0 aromatic heterocycles. The van der Waals surface area contributed by atoms with Crippen LogP contribution in [0.3, 0.4) is 0 Å². The van der Waals surface area contributed by atoms with Crippen LogP contribution in [0.4, 0.5) is 0 Å². The quantitative estimate of drug-likeness (QED) is 0.0349. The van der Waals surface area contributed by atoms with Crippen molar-refractivity contribution in [2.75, 3.05) is 13.2 Å². The molecule has 0 rings (SSSR count). The van der Waals surface area contributed by atoms with Crippen LogP contribution >= 0.6 is 0 Å². The van der Waals surface area contributed by atoms with Crippen LogP contribution in [0.15, 0.2) is 0 Å². The molecule has 0 saturated carbocycles. The average Bonchev–Trinajstić information content (AvgIpc) is 3.15. The third-order valence-electron chi connectivity index (χ3n) is 10.8. The molecule has 0 aromatic rings. The van der Waals surface area contributed by atoms with Crippen LogP contribution in [-0.4, -0.2) is 37.2 Å². The van der Waals surface area contributed by atoms with Crippen LogP contribution in [0.25, 0.3) is 0 Å². The molecule has 0 saturated heterocycles. The molecule has 0 unspecified atom stereocenters. The van der Waals surface area contributed by atoms with E-state index in [0.717, 1.165) is 63.7 Å². The first-order valence-electron chi connectivity index (χ1n) is 23.9. The molecule has 0 fully saturated rings. The van der Waals surface area contributed by atoms with E-state index in [9.17, 15) is 14.4 Å². The summed E-state index contributed by atoms with van der Waals surface area (Å²) in [5.74, 6) is -0.0558. The zero-order valence-corrected chi connectivity index (χ0v) is 36.7. The third-order valence-corrected chi connectivity index (χ3v) is 10.8. The molecule has 6 nitrogen and oxygen atoms in total. The summed E-state index contributed by atoms with van der Waals surface area (Å²) in [6, 6.07) is 0. The van der Waals surface area contributed by atoms with Crippen molar-refractivity contribution in [3.8, 4) is 0 Å². The molecular formula is C48H92O6. The summed E-state index contributed by atoms with van der Waals surface area (Å²) in [7, 11) is 0. The van der Waals surface area contributed by atoms with Gasteiger partial charge in [-0.3, -0.25) is 14.4 Å². The topological polar surface area (TPSA) is 78.9 Å². The lowest BCUT2D eigenvalue weighted by molar-refractivity contribution is -0.167. The highest BCUT2D eigenvalue weighted by molar-refractivity contribution is 5.71. The summed E-state index contributed by atoms with van der Waals surface area (Å²) in [4.78, 5) is 37.7. The average molecular weight is 765 g/mol. The summed E-state index contributed by atoms with van der Waals surface area (Å²) in [6.45, 7) is 8.97. The number of carbonyl (C=O) groups excluding carboxylic acids is 3. The Hall–Kier alpha value is -1.59. The van der Waals surface area contributed by atoms with Crippen LogP contribution in [0.1, 0.15) is 265 Å². The predicted octanol–water partition coefficient (Wildman–Crippen LogP) is 15.1. The van der Waals surface area contributed by atoms with Gasteiger partial charge in [0.1, 0.15) is 13.2 Å². The minimum absolute atomic E-state index is 0.0637. The molecular weight excluding hydrogens is 673 g/mol. The fourth-order valence-electron chi connectivity index (χ4n) is 7.16. The van der Waals surface area contributed by atoms with Gasteiger partial charge in [0.05, 0.1) is 0 Å². The summed E-state index contributed by atoms with van der Waals surface area (Å²) in [5, 5.41) is 0. The van der Waals surface area contributed by atoms with Gasteiger partial charge in [0.25, 0.3) is 0 Å². The maximum Gasteiger partial charge on any atom is 0.306 e. The second-order valence-corrected chi connectivity index (χ2v) is 16.9. The van der Waals surface area contributed by atoms with E-state index in [1.165, 1.54) is 161 Å². The number of esters is 3. The Morgan fingerprint density at radius 1 is 0.352 bits per heavy atom. The fraction of sp³-hybridized carbons (Fsp3) is 0.938. The standard InChI is InChI=1S/C48H92O6/c1-5-7-9-11-13-15-17-18-19-21-23-29-33-37-41-48(51)54-45(42-52-46(49)39-35-31-27-22-20-16-14-12-10-8-6-2)43-53-47(50)40-36-32-28-25-24-26-30-34-38-44(3)4/h44-45H,5-43H2,1-4H3/t45-/m0/s1. The van der Waals surface area contributed by atoms with Gasteiger partial charge < -0.3 is 14.2 Å². The Balaban J connectivity index is 4.32. The number of unbranched alkanes of at least 4 members (excludes halogenated alkanes) is 30. The zero-order chi connectivity index (χ0) is 39.6. The van der Waals surface area contributed by atoms with Gasteiger partial charge in [-0.25, -0.2) is 0 Å². The van der Waals surface area contributed by atoms with Crippen molar-refractivity contribution in [3.05, 3.63) is 0 Å². The highest BCUT2D eigenvalue weighted by Crippen LogP contribution is 2.16. The smallest absolute Gasteiger partial charge is 0.306 e. The van der Waals surface area contributed by atoms with Gasteiger partial charge in [0, 0.05) is 19.3 Å². The van der Waals surface area contributed by atoms with Crippen molar-refractivity contribution in [2.45, 2.75) is 271 Å². The first-order valence-corrected chi connectivity index (χ1v) is 23.9. The third kappa shape index (κ3) is 41.6. The number of hydrogen-bond acceptors (Lipinski definition) is 6. The molecule has 0 spiro atoms. The molecule has 0 heterocycles. The van der Waals surface area contributed by atoms with E-state index in [-0.39, 0.29) is 31.1 Å². The lowest BCUT2D eigenvalue weighted by Crippen LogP contribution is -2.30. The maximum absolute atomic E-state index is 12.7. The first-order chi connectivity index (χ1) is 26.4. The molecule has 0 radical (unpaired) electrons. The molecule has 0 N–H and O–H groups in total. The lowest BCUT2D eigenvalue weighted by atomic mass is 10.0. The van der Waals surface area contributed by atoms with Crippen molar-refractivity contribution in [2.24, 2.45) is 5.92 Å². The molecule has 0 amide bonds. The van der Waals surface area contributed by atoms with Gasteiger partial charge in [0.15, 0.2) is 6.10 Å². The molecule has 0 aliphatic heterocycles. The van der Waals surface area contributed by atoms with E-state index in [2.05, 4.69) is 27.7 Å². The minimum atomic E-state index is -0.759. The zero-order valence-electron chi connectivity index (χ0n) is 36.7. The van der Waals surface area contributed by atoms with Gasteiger partial charge in [-0.05, 0) is 25.2 Å². The van der Waals surface area contributed by atoms with Crippen LogP contribution in [-0.2, 0) is 28.6 Å². The molecule has 6 heteroatoms. The second-order valence-electron chi connectivity index (χ2n) is 16.9. The second kappa shape index (κ2) is 42.6.